The average Bonchev–Trinajstić information content (AvgIpc) is 2.42. The monoisotopic (exact) mass is 252 g/mol. The Morgan fingerprint density at radius 1 is 1.17 bits per heavy atom. The smallest absolute Gasteiger partial charge is 0.220 e. The third-order valence-electron chi connectivity index (χ3n) is 2.65. The molecule has 0 bridgehead atoms. The lowest BCUT2D eigenvalue weighted by Crippen LogP contribution is -2.39. The first-order valence-corrected chi connectivity index (χ1v) is 5.66. The zero-order valence-corrected chi connectivity index (χ0v) is 10.0. The average molecular weight is 252 g/mol. The molecule has 18 heavy (non-hydrogen) atoms. The molecule has 1 aliphatic heterocycles. The summed E-state index contributed by atoms with van der Waals surface area (Å²) in [4.78, 5) is 0. The summed E-state index contributed by atoms with van der Waals surface area (Å²) in [5.41, 5.74) is 0. The standard InChI is InChI=1S/C13H16O5/c1-16-9-2-4-10(5-3-9)17-13-7-6-11(15)12(8-14)18-13/h2-7,11-15H,8H2,1H3/t11-,12+,13-/m0/s1. The van der Waals surface area contributed by atoms with E-state index in [0.29, 0.717) is 5.75 Å². The van der Waals surface area contributed by atoms with Crippen molar-refractivity contribution < 1.29 is 24.4 Å². The van der Waals surface area contributed by atoms with Gasteiger partial charge in [-0.25, -0.2) is 0 Å². The third kappa shape index (κ3) is 3.01. The molecule has 98 valence electrons. The van der Waals surface area contributed by atoms with Gasteiger partial charge in [0.15, 0.2) is 0 Å². The largest absolute Gasteiger partial charge is 0.497 e. The second kappa shape index (κ2) is 5.86. The highest BCUT2D eigenvalue weighted by Crippen LogP contribution is 2.21. The molecular weight excluding hydrogens is 236 g/mol. The summed E-state index contributed by atoms with van der Waals surface area (Å²) in [6, 6.07) is 7.07. The van der Waals surface area contributed by atoms with E-state index in [2.05, 4.69) is 0 Å². The van der Waals surface area contributed by atoms with E-state index in [4.69, 9.17) is 19.3 Å². The lowest BCUT2D eigenvalue weighted by atomic mass is 10.1. The van der Waals surface area contributed by atoms with Crippen LogP contribution in [0.1, 0.15) is 0 Å². The van der Waals surface area contributed by atoms with Gasteiger partial charge >= 0.3 is 0 Å². The molecule has 1 aromatic rings. The van der Waals surface area contributed by atoms with Gasteiger partial charge in [0.05, 0.1) is 13.7 Å². The summed E-state index contributed by atoms with van der Waals surface area (Å²) in [5.74, 6) is 1.37. The summed E-state index contributed by atoms with van der Waals surface area (Å²) in [6.07, 6.45) is 1.10. The van der Waals surface area contributed by atoms with Crippen LogP contribution >= 0.6 is 0 Å². The lowest BCUT2D eigenvalue weighted by molar-refractivity contribution is -0.142. The molecule has 5 heteroatoms. The van der Waals surface area contributed by atoms with Gasteiger partial charge in [-0.1, -0.05) is 6.08 Å². The third-order valence-corrected chi connectivity index (χ3v) is 2.65. The molecule has 0 unspecified atom stereocenters. The van der Waals surface area contributed by atoms with Gasteiger partial charge in [0.25, 0.3) is 0 Å². The van der Waals surface area contributed by atoms with Crippen molar-refractivity contribution in [3.8, 4) is 11.5 Å². The van der Waals surface area contributed by atoms with Crippen LogP contribution < -0.4 is 9.47 Å². The van der Waals surface area contributed by atoms with Gasteiger partial charge in [-0.05, 0) is 30.3 Å². The fourth-order valence-corrected chi connectivity index (χ4v) is 1.63. The van der Waals surface area contributed by atoms with Crippen LogP contribution in [0.5, 0.6) is 11.5 Å². The van der Waals surface area contributed by atoms with E-state index in [-0.39, 0.29) is 6.61 Å². The molecule has 2 rings (SSSR count). The Bertz CT molecular complexity index is 400. The van der Waals surface area contributed by atoms with Crippen LogP contribution in [0.4, 0.5) is 0 Å². The van der Waals surface area contributed by atoms with Gasteiger partial charge in [0.1, 0.15) is 23.7 Å². The zero-order chi connectivity index (χ0) is 13.0. The van der Waals surface area contributed by atoms with Gasteiger partial charge < -0.3 is 24.4 Å². The molecule has 0 aromatic heterocycles. The normalized spacial score (nSPS) is 26.9. The van der Waals surface area contributed by atoms with Crippen molar-refractivity contribution in [2.24, 2.45) is 0 Å². The van der Waals surface area contributed by atoms with Crippen LogP contribution in [0.15, 0.2) is 36.4 Å². The number of benzene rings is 1. The van der Waals surface area contributed by atoms with E-state index in [1.54, 1.807) is 43.5 Å². The Morgan fingerprint density at radius 3 is 2.44 bits per heavy atom. The topological polar surface area (TPSA) is 68.2 Å². The van der Waals surface area contributed by atoms with E-state index in [9.17, 15) is 5.11 Å². The fourth-order valence-electron chi connectivity index (χ4n) is 1.63. The fraction of sp³-hybridized carbons (Fsp3) is 0.385. The van der Waals surface area contributed by atoms with Crippen molar-refractivity contribution in [2.75, 3.05) is 13.7 Å². The number of aliphatic hydroxyl groups excluding tert-OH is 2. The minimum Gasteiger partial charge on any atom is -0.497 e. The highest BCUT2D eigenvalue weighted by molar-refractivity contribution is 5.31. The highest BCUT2D eigenvalue weighted by atomic mass is 16.7. The highest BCUT2D eigenvalue weighted by Gasteiger charge is 2.25. The second-order valence-corrected chi connectivity index (χ2v) is 3.89. The zero-order valence-electron chi connectivity index (χ0n) is 10.0. The number of rotatable bonds is 4. The van der Waals surface area contributed by atoms with Gasteiger partial charge in [-0.2, -0.15) is 0 Å². The van der Waals surface area contributed by atoms with Crippen molar-refractivity contribution in [1.82, 2.24) is 0 Å². The predicted octanol–water partition coefficient (Wildman–Crippen LogP) is 0.708. The molecule has 0 spiro atoms. The summed E-state index contributed by atoms with van der Waals surface area (Å²) in [5, 5.41) is 18.5. The molecule has 0 saturated heterocycles. The van der Waals surface area contributed by atoms with Crippen molar-refractivity contribution in [1.29, 1.82) is 0 Å². The maximum atomic E-state index is 9.48. The molecule has 1 heterocycles. The Balaban J connectivity index is 1.98. The Hall–Kier alpha value is -1.56. The molecule has 0 radical (unpaired) electrons. The SMILES string of the molecule is COc1ccc(O[C@@H]2C=C[C@H](O)[C@@H](CO)O2)cc1. The number of methoxy groups -OCH3 is 1. The number of aliphatic hydroxyl groups is 2. The molecule has 1 aromatic carbocycles. The molecular formula is C13H16O5. The van der Waals surface area contributed by atoms with Crippen LogP contribution in [0.3, 0.4) is 0 Å². The van der Waals surface area contributed by atoms with Gasteiger partial charge in [0.2, 0.25) is 6.29 Å². The van der Waals surface area contributed by atoms with Crippen LogP contribution in [-0.4, -0.2) is 42.4 Å². The number of ether oxygens (including phenoxy) is 3. The predicted molar refractivity (Wildman–Crippen MR) is 64.5 cm³/mol. The molecule has 0 saturated carbocycles. The molecule has 0 aliphatic carbocycles. The maximum absolute atomic E-state index is 9.48. The van der Waals surface area contributed by atoms with E-state index in [1.165, 1.54) is 0 Å². The van der Waals surface area contributed by atoms with E-state index >= 15 is 0 Å². The quantitative estimate of drug-likeness (QED) is 0.772. The lowest BCUT2D eigenvalue weighted by Gasteiger charge is -2.28. The minimum atomic E-state index is -0.800. The van der Waals surface area contributed by atoms with Crippen molar-refractivity contribution in [3.63, 3.8) is 0 Å². The summed E-state index contributed by atoms with van der Waals surface area (Å²) in [6.45, 7) is -0.256. The molecule has 1 aliphatic rings. The second-order valence-electron chi connectivity index (χ2n) is 3.89. The van der Waals surface area contributed by atoms with Crippen molar-refractivity contribution in [2.45, 2.75) is 18.5 Å². The summed E-state index contributed by atoms with van der Waals surface area (Å²) < 4.78 is 16.0. The molecule has 0 fully saturated rings. The van der Waals surface area contributed by atoms with Gasteiger partial charge in [-0.15, -0.1) is 0 Å². The van der Waals surface area contributed by atoms with E-state index < -0.39 is 18.5 Å². The maximum Gasteiger partial charge on any atom is 0.220 e. The molecule has 0 amide bonds. The number of hydrogen-bond donors (Lipinski definition) is 2. The van der Waals surface area contributed by atoms with Gasteiger partial charge in [-0.3, -0.25) is 0 Å². The first-order chi connectivity index (χ1) is 8.72. The number of hydrogen-bond acceptors (Lipinski definition) is 5. The summed E-state index contributed by atoms with van der Waals surface area (Å²) in [7, 11) is 1.59. The van der Waals surface area contributed by atoms with Crippen molar-refractivity contribution >= 4 is 0 Å². The van der Waals surface area contributed by atoms with Crippen LogP contribution in [0.2, 0.25) is 0 Å². The molecule has 3 atom stereocenters. The van der Waals surface area contributed by atoms with Crippen LogP contribution in [0.25, 0.3) is 0 Å². The Labute approximate surface area is 105 Å². The van der Waals surface area contributed by atoms with Crippen LogP contribution in [-0.2, 0) is 4.74 Å². The Kier molecular flexibility index (Phi) is 4.19. The van der Waals surface area contributed by atoms with Crippen LogP contribution in [0, 0.1) is 0 Å². The first kappa shape index (κ1) is 12.9. The van der Waals surface area contributed by atoms with Gasteiger partial charge in [0, 0.05) is 0 Å². The minimum absolute atomic E-state index is 0.256. The summed E-state index contributed by atoms with van der Waals surface area (Å²) >= 11 is 0. The van der Waals surface area contributed by atoms with E-state index in [1.807, 2.05) is 0 Å². The molecule has 2 N–H and O–H groups in total. The van der Waals surface area contributed by atoms with E-state index in [0.717, 1.165) is 5.75 Å². The Morgan fingerprint density at radius 2 is 1.83 bits per heavy atom. The molecule has 5 nitrogen and oxygen atoms in total. The van der Waals surface area contributed by atoms with Crippen molar-refractivity contribution in [3.05, 3.63) is 36.4 Å². The first-order valence-electron chi connectivity index (χ1n) is 5.66.